The summed E-state index contributed by atoms with van der Waals surface area (Å²) in [6.07, 6.45) is 7.88. The summed E-state index contributed by atoms with van der Waals surface area (Å²) < 4.78 is 0. The molecule has 3 N–H and O–H groups in total. The number of rotatable bonds is 2. The van der Waals surface area contributed by atoms with Gasteiger partial charge in [-0.15, -0.1) is 0 Å². The molecule has 3 nitrogen and oxygen atoms in total. The van der Waals surface area contributed by atoms with Gasteiger partial charge in [-0.3, -0.25) is 4.79 Å². The maximum Gasteiger partial charge on any atom is 0.223 e. The minimum Gasteiger partial charge on any atom is -0.353 e. The van der Waals surface area contributed by atoms with E-state index in [9.17, 15) is 4.79 Å². The molecule has 4 unspecified atom stereocenters. The van der Waals surface area contributed by atoms with Crippen LogP contribution in [0, 0.1) is 11.8 Å². The average molecular weight is 224 g/mol. The second-order valence-electron chi connectivity index (χ2n) is 5.65. The van der Waals surface area contributed by atoms with E-state index in [4.69, 9.17) is 5.73 Å². The second kappa shape index (κ2) is 5.17. The fourth-order valence-electron chi connectivity index (χ4n) is 3.09. The Balaban J connectivity index is 1.82. The quantitative estimate of drug-likeness (QED) is 0.751. The van der Waals surface area contributed by atoms with Crippen LogP contribution < -0.4 is 11.1 Å². The number of carbonyl (C=O) groups excluding carboxylic acids is 1. The number of nitrogens with two attached hydrogens (primary N) is 1. The van der Waals surface area contributed by atoms with Crippen molar-refractivity contribution in [2.24, 2.45) is 17.6 Å². The van der Waals surface area contributed by atoms with E-state index < -0.39 is 0 Å². The molecule has 0 aliphatic heterocycles. The monoisotopic (exact) mass is 224 g/mol. The van der Waals surface area contributed by atoms with Crippen LogP contribution in [0.5, 0.6) is 0 Å². The molecule has 1 amide bonds. The highest BCUT2D eigenvalue weighted by Gasteiger charge is 2.30. The van der Waals surface area contributed by atoms with Gasteiger partial charge in [-0.1, -0.05) is 19.8 Å². The zero-order valence-electron chi connectivity index (χ0n) is 10.2. The summed E-state index contributed by atoms with van der Waals surface area (Å²) in [6, 6.07) is 0.664. The fourth-order valence-corrected chi connectivity index (χ4v) is 3.09. The first-order valence-corrected chi connectivity index (χ1v) is 6.72. The highest BCUT2D eigenvalue weighted by Crippen LogP contribution is 2.27. The van der Waals surface area contributed by atoms with E-state index in [1.807, 2.05) is 0 Å². The van der Waals surface area contributed by atoms with E-state index in [0.717, 1.165) is 25.7 Å². The van der Waals surface area contributed by atoms with Crippen molar-refractivity contribution in [1.82, 2.24) is 5.32 Å². The first kappa shape index (κ1) is 11.9. The highest BCUT2D eigenvalue weighted by atomic mass is 16.1. The molecule has 2 saturated carbocycles. The van der Waals surface area contributed by atoms with Gasteiger partial charge in [0.1, 0.15) is 0 Å². The summed E-state index contributed by atoms with van der Waals surface area (Å²) >= 11 is 0. The normalized spacial score (nSPS) is 39.6. The lowest BCUT2D eigenvalue weighted by atomic mass is 9.85. The van der Waals surface area contributed by atoms with Crippen LogP contribution in [0.15, 0.2) is 0 Å². The van der Waals surface area contributed by atoms with Crippen molar-refractivity contribution in [2.75, 3.05) is 0 Å². The van der Waals surface area contributed by atoms with E-state index in [0.29, 0.717) is 12.0 Å². The maximum absolute atomic E-state index is 12.0. The summed E-state index contributed by atoms with van der Waals surface area (Å²) in [5.41, 5.74) is 5.84. The van der Waals surface area contributed by atoms with E-state index >= 15 is 0 Å². The number of nitrogens with one attached hydrogen (secondary N) is 1. The SMILES string of the molecule is CC1CCCCC1NC(=O)C1CCC(N)C1. The third-order valence-corrected chi connectivity index (χ3v) is 4.28. The molecule has 0 aromatic carbocycles. The summed E-state index contributed by atoms with van der Waals surface area (Å²) in [5.74, 6) is 1.09. The van der Waals surface area contributed by atoms with Gasteiger partial charge in [-0.2, -0.15) is 0 Å². The predicted molar refractivity (Wildman–Crippen MR) is 64.9 cm³/mol. The summed E-state index contributed by atoms with van der Waals surface area (Å²) in [6.45, 7) is 2.25. The van der Waals surface area contributed by atoms with E-state index in [2.05, 4.69) is 12.2 Å². The van der Waals surface area contributed by atoms with Crippen LogP contribution >= 0.6 is 0 Å². The molecule has 0 saturated heterocycles. The fraction of sp³-hybridized carbons (Fsp3) is 0.923. The van der Waals surface area contributed by atoms with Gasteiger partial charge in [0.15, 0.2) is 0 Å². The number of carbonyl (C=O) groups is 1. The molecular formula is C13H24N2O. The molecule has 2 aliphatic carbocycles. The second-order valence-corrected chi connectivity index (χ2v) is 5.65. The topological polar surface area (TPSA) is 55.1 Å². The Hall–Kier alpha value is -0.570. The lowest BCUT2D eigenvalue weighted by Crippen LogP contribution is -2.43. The Morgan fingerprint density at radius 3 is 2.56 bits per heavy atom. The highest BCUT2D eigenvalue weighted by molar-refractivity contribution is 5.79. The number of hydrogen-bond donors (Lipinski definition) is 2. The van der Waals surface area contributed by atoms with Crippen molar-refractivity contribution in [3.63, 3.8) is 0 Å². The van der Waals surface area contributed by atoms with Gasteiger partial charge < -0.3 is 11.1 Å². The van der Waals surface area contributed by atoms with Gasteiger partial charge in [-0.05, 0) is 38.0 Å². The minimum atomic E-state index is 0.184. The molecule has 2 fully saturated rings. The molecule has 92 valence electrons. The van der Waals surface area contributed by atoms with Crippen LogP contribution in [0.1, 0.15) is 51.9 Å². The maximum atomic E-state index is 12.0. The van der Waals surface area contributed by atoms with Crippen molar-refractivity contribution in [2.45, 2.75) is 64.0 Å². The van der Waals surface area contributed by atoms with Gasteiger partial charge >= 0.3 is 0 Å². The molecule has 0 bridgehead atoms. The molecular weight excluding hydrogens is 200 g/mol. The van der Waals surface area contributed by atoms with E-state index in [-0.39, 0.29) is 17.9 Å². The largest absolute Gasteiger partial charge is 0.353 e. The molecule has 0 spiro atoms. The molecule has 16 heavy (non-hydrogen) atoms. The van der Waals surface area contributed by atoms with Crippen LogP contribution in [0.25, 0.3) is 0 Å². The first-order valence-electron chi connectivity index (χ1n) is 6.72. The molecule has 2 rings (SSSR count). The van der Waals surface area contributed by atoms with Crippen LogP contribution in [0.2, 0.25) is 0 Å². The lowest BCUT2D eigenvalue weighted by molar-refractivity contribution is -0.126. The van der Waals surface area contributed by atoms with Gasteiger partial charge in [0.05, 0.1) is 0 Å². The summed E-state index contributed by atoms with van der Waals surface area (Å²) in [7, 11) is 0. The molecule has 0 heterocycles. The number of amides is 1. The van der Waals surface area contributed by atoms with Crippen LogP contribution in [-0.4, -0.2) is 18.0 Å². The molecule has 3 heteroatoms. The van der Waals surface area contributed by atoms with E-state index in [1.54, 1.807) is 0 Å². The Bertz CT molecular complexity index is 254. The predicted octanol–water partition coefficient (Wildman–Crippen LogP) is 1.81. The summed E-state index contributed by atoms with van der Waals surface area (Å²) in [5, 5.41) is 3.24. The minimum absolute atomic E-state index is 0.184. The van der Waals surface area contributed by atoms with Crippen LogP contribution in [-0.2, 0) is 4.79 Å². The molecule has 2 aliphatic rings. The van der Waals surface area contributed by atoms with Crippen molar-refractivity contribution >= 4 is 5.91 Å². The average Bonchev–Trinajstić information content (AvgIpc) is 2.68. The third kappa shape index (κ3) is 2.76. The molecule has 0 radical (unpaired) electrons. The molecule has 0 aromatic rings. The lowest BCUT2D eigenvalue weighted by Gasteiger charge is -2.30. The van der Waals surface area contributed by atoms with Gasteiger partial charge in [-0.25, -0.2) is 0 Å². The number of hydrogen-bond acceptors (Lipinski definition) is 2. The van der Waals surface area contributed by atoms with Gasteiger partial charge in [0, 0.05) is 18.0 Å². The van der Waals surface area contributed by atoms with Crippen molar-refractivity contribution in [3.8, 4) is 0 Å². The van der Waals surface area contributed by atoms with E-state index in [1.165, 1.54) is 19.3 Å². The smallest absolute Gasteiger partial charge is 0.223 e. The van der Waals surface area contributed by atoms with Crippen molar-refractivity contribution < 1.29 is 4.79 Å². The first-order chi connectivity index (χ1) is 7.66. The zero-order valence-corrected chi connectivity index (χ0v) is 10.2. The van der Waals surface area contributed by atoms with Crippen LogP contribution in [0.4, 0.5) is 0 Å². The Labute approximate surface area is 98.2 Å². The van der Waals surface area contributed by atoms with Gasteiger partial charge in [0.25, 0.3) is 0 Å². The molecule has 0 aromatic heterocycles. The van der Waals surface area contributed by atoms with Crippen molar-refractivity contribution in [3.05, 3.63) is 0 Å². The van der Waals surface area contributed by atoms with Crippen LogP contribution in [0.3, 0.4) is 0 Å². The Morgan fingerprint density at radius 1 is 1.19 bits per heavy atom. The Kier molecular flexibility index (Phi) is 3.85. The van der Waals surface area contributed by atoms with Gasteiger partial charge in [0.2, 0.25) is 5.91 Å². The third-order valence-electron chi connectivity index (χ3n) is 4.28. The Morgan fingerprint density at radius 2 is 1.94 bits per heavy atom. The standard InChI is InChI=1S/C13H24N2O/c1-9-4-2-3-5-12(9)15-13(16)10-6-7-11(14)8-10/h9-12H,2-8,14H2,1H3,(H,15,16). The summed E-state index contributed by atoms with van der Waals surface area (Å²) in [4.78, 5) is 12.0. The van der Waals surface area contributed by atoms with Crippen molar-refractivity contribution in [1.29, 1.82) is 0 Å². The molecule has 4 atom stereocenters. The zero-order chi connectivity index (χ0) is 11.5.